The van der Waals surface area contributed by atoms with Gasteiger partial charge in [-0.25, -0.2) is 0 Å². The highest BCUT2D eigenvalue weighted by molar-refractivity contribution is 14.0. The molecule has 0 fully saturated rings. The number of fused-ring (bicyclic) bond motifs is 1. The molecule has 1 heterocycles. The fraction of sp³-hybridized carbons (Fsp3) is 0.375. The van der Waals surface area contributed by atoms with Gasteiger partial charge >= 0.3 is 0 Å². The Labute approximate surface area is 206 Å². The maximum absolute atomic E-state index is 10.6. The Morgan fingerprint density at radius 2 is 1.84 bits per heavy atom. The number of H-pyrrole nitrogens is 1. The number of nitrogens with one attached hydrogen (secondary N) is 3. The Kier molecular flexibility index (Phi) is 10.1. The topological polar surface area (TPSA) is 90.9 Å². The Balaban J connectivity index is 0.00000363. The molecule has 0 amide bonds. The summed E-state index contributed by atoms with van der Waals surface area (Å²) in [7, 11) is 3.18. The van der Waals surface area contributed by atoms with E-state index in [-0.39, 0.29) is 30.5 Å². The maximum atomic E-state index is 10.6. The molecule has 1 unspecified atom stereocenters. The molecule has 0 bridgehead atoms. The summed E-state index contributed by atoms with van der Waals surface area (Å²) in [4.78, 5) is 7.90. The number of aliphatic hydroxyl groups excluding tert-OH is 1. The number of nitrogens with zero attached hydrogens (tertiary/aromatic N) is 1. The third kappa shape index (κ3) is 6.52. The second-order valence-corrected chi connectivity index (χ2v) is 7.37. The van der Waals surface area contributed by atoms with Crippen molar-refractivity contribution in [2.75, 3.05) is 33.9 Å². The molecule has 0 aliphatic carbocycles. The second kappa shape index (κ2) is 12.5. The lowest BCUT2D eigenvalue weighted by Crippen LogP contribution is -2.38. The SMILES string of the molecule is CCNC(=NCC(O)c1cc(OC)cc(OC)c1)NCCc1c[nH]c2cccc(C)c12.I. The second-order valence-electron chi connectivity index (χ2n) is 7.37. The average Bonchev–Trinajstić information content (AvgIpc) is 3.21. The summed E-state index contributed by atoms with van der Waals surface area (Å²) < 4.78 is 10.6. The van der Waals surface area contributed by atoms with Crippen LogP contribution in [0.4, 0.5) is 0 Å². The van der Waals surface area contributed by atoms with Crippen LogP contribution in [0, 0.1) is 6.92 Å². The van der Waals surface area contributed by atoms with Crippen molar-refractivity contribution in [1.29, 1.82) is 0 Å². The Hall–Kier alpha value is -2.46. The lowest BCUT2D eigenvalue weighted by atomic mass is 10.1. The number of rotatable bonds is 9. The third-order valence-corrected chi connectivity index (χ3v) is 5.21. The molecule has 174 valence electrons. The molecule has 0 radical (unpaired) electrons. The lowest BCUT2D eigenvalue weighted by Gasteiger charge is -2.15. The molecule has 32 heavy (non-hydrogen) atoms. The number of aryl methyl sites for hydroxylation is 1. The predicted molar refractivity (Wildman–Crippen MR) is 141 cm³/mol. The first-order chi connectivity index (χ1) is 15.0. The molecule has 0 spiro atoms. The molecule has 0 saturated carbocycles. The van der Waals surface area contributed by atoms with E-state index in [4.69, 9.17) is 9.47 Å². The summed E-state index contributed by atoms with van der Waals surface area (Å²) in [6, 6.07) is 11.7. The summed E-state index contributed by atoms with van der Waals surface area (Å²) in [6.45, 7) is 5.84. The quantitative estimate of drug-likeness (QED) is 0.184. The molecule has 3 aromatic rings. The zero-order chi connectivity index (χ0) is 22.2. The van der Waals surface area contributed by atoms with E-state index >= 15 is 0 Å². The first-order valence-corrected chi connectivity index (χ1v) is 10.5. The van der Waals surface area contributed by atoms with Gasteiger partial charge in [-0.1, -0.05) is 12.1 Å². The average molecular weight is 552 g/mol. The third-order valence-electron chi connectivity index (χ3n) is 5.21. The van der Waals surface area contributed by atoms with Crippen LogP contribution in [-0.4, -0.2) is 49.9 Å². The largest absolute Gasteiger partial charge is 0.497 e. The number of ether oxygens (including phenoxy) is 2. The van der Waals surface area contributed by atoms with Crippen LogP contribution in [0.2, 0.25) is 0 Å². The Bertz CT molecular complexity index is 1010. The number of guanidine groups is 1. The van der Waals surface area contributed by atoms with Crippen LogP contribution in [-0.2, 0) is 6.42 Å². The summed E-state index contributed by atoms with van der Waals surface area (Å²) >= 11 is 0. The number of methoxy groups -OCH3 is 2. The predicted octanol–water partition coefficient (Wildman–Crippen LogP) is 3.94. The van der Waals surface area contributed by atoms with Crippen LogP contribution in [0.15, 0.2) is 47.6 Å². The van der Waals surface area contributed by atoms with Crippen molar-refractivity contribution >= 4 is 40.8 Å². The van der Waals surface area contributed by atoms with Crippen molar-refractivity contribution in [1.82, 2.24) is 15.6 Å². The molecule has 1 atom stereocenters. The lowest BCUT2D eigenvalue weighted by molar-refractivity contribution is 0.186. The number of halogens is 1. The number of benzene rings is 2. The number of aromatic amines is 1. The maximum Gasteiger partial charge on any atom is 0.191 e. The van der Waals surface area contributed by atoms with Crippen molar-refractivity contribution in [3.63, 3.8) is 0 Å². The van der Waals surface area contributed by atoms with Gasteiger partial charge in [-0.2, -0.15) is 0 Å². The van der Waals surface area contributed by atoms with E-state index in [0.29, 0.717) is 23.0 Å². The highest BCUT2D eigenvalue weighted by Crippen LogP contribution is 2.26. The summed E-state index contributed by atoms with van der Waals surface area (Å²) in [5.74, 6) is 1.95. The van der Waals surface area contributed by atoms with E-state index in [1.165, 1.54) is 16.5 Å². The molecular weight excluding hydrogens is 519 g/mol. The van der Waals surface area contributed by atoms with Crippen LogP contribution >= 0.6 is 24.0 Å². The summed E-state index contributed by atoms with van der Waals surface area (Å²) in [5, 5.41) is 18.5. The van der Waals surface area contributed by atoms with E-state index in [0.717, 1.165) is 25.0 Å². The zero-order valence-electron chi connectivity index (χ0n) is 19.1. The van der Waals surface area contributed by atoms with Crippen LogP contribution in [0.25, 0.3) is 10.9 Å². The molecule has 4 N–H and O–H groups in total. The van der Waals surface area contributed by atoms with Gasteiger partial charge in [0.05, 0.1) is 26.9 Å². The molecule has 3 rings (SSSR count). The van der Waals surface area contributed by atoms with Crippen molar-refractivity contribution < 1.29 is 14.6 Å². The normalized spacial score (nSPS) is 12.2. The van der Waals surface area contributed by atoms with Gasteiger partial charge in [0.25, 0.3) is 0 Å². The standard InChI is InChI=1S/C24H32N4O3.HI/c1-5-25-24(26-10-9-17-14-27-21-8-6-7-16(2)23(17)21)28-15-22(29)18-11-19(30-3)13-20(12-18)31-4;/h6-8,11-14,22,27,29H,5,9-10,15H2,1-4H3,(H2,25,26,28);1H. The van der Waals surface area contributed by atoms with E-state index in [2.05, 4.69) is 51.9 Å². The molecular formula is C24H33IN4O3. The minimum atomic E-state index is -0.768. The number of hydrogen-bond acceptors (Lipinski definition) is 4. The molecule has 0 aliphatic rings. The van der Waals surface area contributed by atoms with Crippen molar-refractivity contribution in [2.45, 2.75) is 26.4 Å². The molecule has 8 heteroatoms. The first-order valence-electron chi connectivity index (χ1n) is 10.5. The van der Waals surface area contributed by atoms with Crippen molar-refractivity contribution in [3.8, 4) is 11.5 Å². The molecule has 2 aromatic carbocycles. The summed E-state index contributed by atoms with van der Waals surface area (Å²) in [5.41, 5.74) is 4.41. The number of aliphatic hydroxyl groups is 1. The van der Waals surface area contributed by atoms with Crippen LogP contribution < -0.4 is 20.1 Å². The van der Waals surface area contributed by atoms with Crippen molar-refractivity contribution in [3.05, 3.63) is 59.3 Å². The zero-order valence-corrected chi connectivity index (χ0v) is 21.4. The number of aromatic nitrogens is 1. The van der Waals surface area contributed by atoms with E-state index in [9.17, 15) is 5.11 Å². The van der Waals surface area contributed by atoms with Gasteiger partial charge in [-0.3, -0.25) is 4.99 Å². The minimum absolute atomic E-state index is 0. The molecule has 1 aromatic heterocycles. The smallest absolute Gasteiger partial charge is 0.191 e. The fourth-order valence-electron chi connectivity index (χ4n) is 3.61. The van der Waals surface area contributed by atoms with E-state index in [1.54, 1.807) is 32.4 Å². The first kappa shape index (κ1) is 25.8. The Morgan fingerprint density at radius 1 is 1.12 bits per heavy atom. The highest BCUT2D eigenvalue weighted by Gasteiger charge is 2.12. The van der Waals surface area contributed by atoms with Gasteiger partial charge in [0.2, 0.25) is 0 Å². The highest BCUT2D eigenvalue weighted by atomic mass is 127. The van der Waals surface area contributed by atoms with Crippen LogP contribution in [0.3, 0.4) is 0 Å². The van der Waals surface area contributed by atoms with Gasteiger partial charge in [0.15, 0.2) is 5.96 Å². The van der Waals surface area contributed by atoms with E-state index in [1.807, 2.05) is 6.92 Å². The number of hydrogen-bond donors (Lipinski definition) is 4. The molecule has 0 aliphatic heterocycles. The molecule has 0 saturated heterocycles. The minimum Gasteiger partial charge on any atom is -0.497 e. The monoisotopic (exact) mass is 552 g/mol. The van der Waals surface area contributed by atoms with Gasteiger partial charge in [0, 0.05) is 36.3 Å². The fourth-order valence-corrected chi connectivity index (χ4v) is 3.61. The molecule has 7 nitrogen and oxygen atoms in total. The number of aliphatic imine (C=N–C) groups is 1. The van der Waals surface area contributed by atoms with Gasteiger partial charge < -0.3 is 30.2 Å². The van der Waals surface area contributed by atoms with Crippen LogP contribution in [0.5, 0.6) is 11.5 Å². The summed E-state index contributed by atoms with van der Waals surface area (Å²) in [6.07, 6.45) is 2.17. The van der Waals surface area contributed by atoms with E-state index < -0.39 is 6.10 Å². The van der Waals surface area contributed by atoms with Gasteiger partial charge in [-0.05, 0) is 55.2 Å². The van der Waals surface area contributed by atoms with Crippen LogP contribution in [0.1, 0.15) is 29.7 Å². The van der Waals surface area contributed by atoms with Crippen molar-refractivity contribution in [2.24, 2.45) is 4.99 Å². The van der Waals surface area contributed by atoms with Gasteiger partial charge in [0.1, 0.15) is 11.5 Å². The van der Waals surface area contributed by atoms with Gasteiger partial charge in [-0.15, -0.1) is 24.0 Å². The Morgan fingerprint density at radius 3 is 2.50 bits per heavy atom.